The van der Waals surface area contributed by atoms with Gasteiger partial charge in [0.15, 0.2) is 0 Å². The second-order valence-corrected chi connectivity index (χ2v) is 7.91. The Morgan fingerprint density at radius 1 is 1.15 bits per heavy atom. The van der Waals surface area contributed by atoms with E-state index in [2.05, 4.69) is 59.4 Å². The highest BCUT2D eigenvalue weighted by Gasteiger charge is 2.43. The molecular formula is C22H29N3O. The van der Waals surface area contributed by atoms with Crippen LogP contribution in [0.15, 0.2) is 48.7 Å². The summed E-state index contributed by atoms with van der Waals surface area (Å²) in [5.41, 5.74) is 2.32. The van der Waals surface area contributed by atoms with Gasteiger partial charge in [-0.1, -0.05) is 24.3 Å². The van der Waals surface area contributed by atoms with Gasteiger partial charge in [0.25, 0.3) is 0 Å². The van der Waals surface area contributed by atoms with E-state index in [1.165, 1.54) is 5.56 Å². The monoisotopic (exact) mass is 351 g/mol. The molecule has 0 radical (unpaired) electrons. The molecule has 0 amide bonds. The topological polar surface area (TPSA) is 37.4 Å². The van der Waals surface area contributed by atoms with Crippen molar-refractivity contribution in [1.82, 2.24) is 15.2 Å². The van der Waals surface area contributed by atoms with E-state index in [1.807, 2.05) is 18.3 Å². The minimum atomic E-state index is -0.0402. The Kier molecular flexibility index (Phi) is 4.96. The molecule has 1 atom stereocenters. The number of aromatic nitrogens is 1. The van der Waals surface area contributed by atoms with Gasteiger partial charge in [-0.2, -0.15) is 0 Å². The van der Waals surface area contributed by atoms with E-state index in [1.54, 1.807) is 0 Å². The van der Waals surface area contributed by atoms with Crippen LogP contribution in [-0.4, -0.2) is 34.6 Å². The zero-order chi connectivity index (χ0) is 18.0. The Hall–Kier alpha value is -1.91. The van der Waals surface area contributed by atoms with Gasteiger partial charge in [0.1, 0.15) is 11.4 Å². The van der Waals surface area contributed by atoms with Crippen LogP contribution in [0.3, 0.4) is 0 Å². The van der Waals surface area contributed by atoms with Crippen LogP contribution in [0.25, 0.3) is 0 Å². The molecule has 3 heterocycles. The lowest BCUT2D eigenvalue weighted by Gasteiger charge is -2.48. The number of hydrogen-bond acceptors (Lipinski definition) is 4. The highest BCUT2D eigenvalue weighted by molar-refractivity contribution is 5.39. The van der Waals surface area contributed by atoms with E-state index in [0.29, 0.717) is 12.1 Å². The Balaban J connectivity index is 1.52. The first-order valence-electron chi connectivity index (χ1n) is 9.80. The van der Waals surface area contributed by atoms with E-state index >= 15 is 0 Å². The summed E-state index contributed by atoms with van der Waals surface area (Å²) in [6, 6.07) is 15.5. The predicted molar refractivity (Wildman–Crippen MR) is 104 cm³/mol. The highest BCUT2D eigenvalue weighted by Crippen LogP contribution is 2.44. The van der Waals surface area contributed by atoms with Gasteiger partial charge in [0.05, 0.1) is 5.69 Å². The van der Waals surface area contributed by atoms with Gasteiger partial charge in [-0.3, -0.25) is 4.98 Å². The van der Waals surface area contributed by atoms with Gasteiger partial charge >= 0.3 is 0 Å². The van der Waals surface area contributed by atoms with Gasteiger partial charge in [-0.15, -0.1) is 0 Å². The zero-order valence-corrected chi connectivity index (χ0v) is 15.8. The van der Waals surface area contributed by atoms with Gasteiger partial charge < -0.3 is 15.0 Å². The van der Waals surface area contributed by atoms with Gasteiger partial charge in [-0.05, 0) is 44.9 Å². The smallest absolute Gasteiger partial charge is 0.124 e. The average Bonchev–Trinajstić information content (AvgIpc) is 2.67. The molecule has 4 nitrogen and oxygen atoms in total. The van der Waals surface area contributed by atoms with Crippen molar-refractivity contribution in [2.45, 2.75) is 57.3 Å². The minimum Gasteiger partial charge on any atom is -0.487 e. The second kappa shape index (κ2) is 7.37. The summed E-state index contributed by atoms with van der Waals surface area (Å²) in [5, 5.41) is 3.74. The van der Waals surface area contributed by atoms with Crippen LogP contribution < -0.4 is 10.1 Å². The summed E-state index contributed by atoms with van der Waals surface area (Å²) in [5.74, 6) is 1.05. The molecule has 1 saturated heterocycles. The summed E-state index contributed by atoms with van der Waals surface area (Å²) in [6.45, 7) is 7.59. The van der Waals surface area contributed by atoms with Crippen LogP contribution in [0.2, 0.25) is 0 Å². The molecule has 2 aliphatic heterocycles. The van der Waals surface area contributed by atoms with E-state index in [4.69, 9.17) is 4.74 Å². The third-order valence-electron chi connectivity index (χ3n) is 5.89. The molecule has 1 unspecified atom stereocenters. The summed E-state index contributed by atoms with van der Waals surface area (Å²) >= 11 is 0. The standard InChI is InChI=1S/C22H29N3O/c1-17(2)25-13-10-22(11-14-25)15-20(19-8-3-4-9-21(19)26-22)24-16-18-7-5-6-12-23-18/h3-9,12,17,20,24H,10-11,13-16H2,1-2H3. The Morgan fingerprint density at radius 3 is 2.65 bits per heavy atom. The molecular weight excluding hydrogens is 322 g/mol. The van der Waals surface area contributed by atoms with Crippen molar-refractivity contribution in [1.29, 1.82) is 0 Å². The van der Waals surface area contributed by atoms with Gasteiger partial charge in [0, 0.05) is 49.9 Å². The number of benzene rings is 1. The average molecular weight is 351 g/mol. The number of hydrogen-bond donors (Lipinski definition) is 1. The fraction of sp³-hybridized carbons (Fsp3) is 0.500. The molecule has 1 aromatic heterocycles. The first-order valence-corrected chi connectivity index (χ1v) is 9.80. The number of rotatable bonds is 4. The molecule has 1 N–H and O–H groups in total. The summed E-state index contributed by atoms with van der Waals surface area (Å²) in [6.07, 6.45) is 5.09. The van der Waals surface area contributed by atoms with Crippen LogP contribution in [0.1, 0.15) is 50.4 Å². The number of ether oxygens (including phenoxy) is 1. The number of piperidine rings is 1. The molecule has 1 aromatic carbocycles. The van der Waals surface area contributed by atoms with Crippen LogP contribution in [0, 0.1) is 0 Å². The summed E-state index contributed by atoms with van der Waals surface area (Å²) < 4.78 is 6.59. The molecule has 138 valence electrons. The minimum absolute atomic E-state index is 0.0402. The molecule has 26 heavy (non-hydrogen) atoms. The van der Waals surface area contributed by atoms with E-state index in [9.17, 15) is 0 Å². The maximum Gasteiger partial charge on any atom is 0.124 e. The fourth-order valence-electron chi connectivity index (χ4n) is 4.28. The molecule has 0 bridgehead atoms. The van der Waals surface area contributed by atoms with Crippen molar-refractivity contribution in [3.63, 3.8) is 0 Å². The van der Waals surface area contributed by atoms with E-state index in [0.717, 1.165) is 50.3 Å². The lowest BCUT2D eigenvalue weighted by Crippen LogP contribution is -2.53. The Labute approximate surface area is 156 Å². The summed E-state index contributed by atoms with van der Waals surface area (Å²) in [4.78, 5) is 7.01. The molecule has 1 fully saturated rings. The molecule has 0 saturated carbocycles. The van der Waals surface area contributed by atoms with E-state index < -0.39 is 0 Å². The maximum absolute atomic E-state index is 6.59. The SMILES string of the molecule is CC(C)N1CCC2(CC1)CC(NCc1ccccn1)c1ccccc1O2. The molecule has 2 aromatic rings. The molecule has 4 rings (SSSR count). The predicted octanol–water partition coefficient (Wildman–Crippen LogP) is 3.94. The van der Waals surface area contributed by atoms with Crippen LogP contribution in [0.5, 0.6) is 5.75 Å². The lowest BCUT2D eigenvalue weighted by atomic mass is 9.80. The first kappa shape index (κ1) is 17.5. The Bertz CT molecular complexity index is 723. The van der Waals surface area contributed by atoms with Crippen molar-refractivity contribution in [2.75, 3.05) is 13.1 Å². The molecule has 1 spiro atoms. The van der Waals surface area contributed by atoms with E-state index in [-0.39, 0.29) is 5.60 Å². The third kappa shape index (κ3) is 3.62. The number of fused-ring (bicyclic) bond motifs is 1. The number of nitrogens with zero attached hydrogens (tertiary/aromatic N) is 2. The third-order valence-corrected chi connectivity index (χ3v) is 5.89. The van der Waals surface area contributed by atoms with Crippen molar-refractivity contribution in [2.24, 2.45) is 0 Å². The number of likely N-dealkylation sites (tertiary alicyclic amines) is 1. The van der Waals surface area contributed by atoms with Crippen LogP contribution >= 0.6 is 0 Å². The normalized spacial score (nSPS) is 22.2. The van der Waals surface area contributed by atoms with Crippen molar-refractivity contribution in [3.8, 4) is 5.75 Å². The van der Waals surface area contributed by atoms with Crippen LogP contribution in [-0.2, 0) is 6.54 Å². The quantitative estimate of drug-likeness (QED) is 0.905. The van der Waals surface area contributed by atoms with Gasteiger partial charge in [-0.25, -0.2) is 0 Å². The van der Waals surface area contributed by atoms with Gasteiger partial charge in [0.2, 0.25) is 0 Å². The van der Waals surface area contributed by atoms with Crippen LogP contribution in [0.4, 0.5) is 0 Å². The number of para-hydroxylation sites is 1. The summed E-state index contributed by atoms with van der Waals surface area (Å²) in [7, 11) is 0. The molecule has 4 heteroatoms. The number of nitrogens with one attached hydrogen (secondary N) is 1. The Morgan fingerprint density at radius 2 is 1.92 bits per heavy atom. The maximum atomic E-state index is 6.59. The van der Waals surface area contributed by atoms with Crippen molar-refractivity contribution >= 4 is 0 Å². The lowest BCUT2D eigenvalue weighted by molar-refractivity contribution is -0.0315. The zero-order valence-electron chi connectivity index (χ0n) is 15.8. The molecule has 2 aliphatic rings. The largest absolute Gasteiger partial charge is 0.487 e. The molecule has 0 aliphatic carbocycles. The van der Waals surface area contributed by atoms with Crippen molar-refractivity contribution in [3.05, 3.63) is 59.9 Å². The fourth-order valence-corrected chi connectivity index (χ4v) is 4.28. The second-order valence-electron chi connectivity index (χ2n) is 7.91. The van der Waals surface area contributed by atoms with Crippen molar-refractivity contribution < 1.29 is 4.74 Å². The number of pyridine rings is 1. The highest BCUT2D eigenvalue weighted by atomic mass is 16.5. The first-order chi connectivity index (χ1) is 12.7.